The Hall–Kier alpha value is -3.27. The van der Waals surface area contributed by atoms with Crippen molar-refractivity contribution in [1.29, 1.82) is 0 Å². The number of ketones is 2. The summed E-state index contributed by atoms with van der Waals surface area (Å²) in [5, 5.41) is 22.1. The first-order chi connectivity index (χ1) is 35.0. The number of alkyl halides is 3. The highest BCUT2D eigenvalue weighted by Gasteiger charge is 2.15. The summed E-state index contributed by atoms with van der Waals surface area (Å²) in [4.78, 5) is 24.2. The van der Waals surface area contributed by atoms with Gasteiger partial charge in [0, 0.05) is 38.2 Å². The van der Waals surface area contributed by atoms with Gasteiger partial charge in [-0.15, -0.1) is 0 Å². The molecule has 6 aromatic carbocycles. The SMILES string of the molecule is CBr.CBr.CC(C)CCCC(C)CCCC(C)CCCC(C)CCBr.Cc1ccc(Cl)c(C(=O)c2ccccc2)c1.Cc1ccc(Cl)c(C(O)c2ccccc2)c1.O=C(c1ccccc1)c1cc(O)ccc1Cl. The van der Waals surface area contributed by atoms with Gasteiger partial charge in [0.25, 0.3) is 0 Å². The van der Waals surface area contributed by atoms with Crippen LogP contribution in [0.3, 0.4) is 0 Å². The normalized spacial score (nSPS) is 12.0. The molecule has 4 unspecified atom stereocenters. The van der Waals surface area contributed by atoms with E-state index in [-0.39, 0.29) is 17.3 Å². The third-order valence-corrected chi connectivity index (χ3v) is 13.5. The van der Waals surface area contributed by atoms with E-state index >= 15 is 0 Å². The molecule has 6 aromatic rings. The molecule has 0 saturated heterocycles. The quantitative estimate of drug-likeness (QED) is 0.0590. The summed E-state index contributed by atoms with van der Waals surface area (Å²) < 4.78 is 0. The molecule has 0 aliphatic carbocycles. The molecule has 398 valence electrons. The molecule has 0 bridgehead atoms. The maximum Gasteiger partial charge on any atom is 0.194 e. The van der Waals surface area contributed by atoms with Crippen LogP contribution in [-0.2, 0) is 0 Å². The Morgan fingerprint density at radius 2 is 0.849 bits per heavy atom. The van der Waals surface area contributed by atoms with Gasteiger partial charge >= 0.3 is 0 Å². The highest BCUT2D eigenvalue weighted by molar-refractivity contribution is 9.09. The lowest BCUT2D eigenvalue weighted by molar-refractivity contribution is 0.103. The molecule has 4 atom stereocenters. The molecule has 73 heavy (non-hydrogen) atoms. The molecule has 0 amide bonds. The van der Waals surface area contributed by atoms with Crippen LogP contribution in [0.25, 0.3) is 0 Å². The van der Waals surface area contributed by atoms with Gasteiger partial charge < -0.3 is 10.2 Å². The monoisotopic (exact) mass is 1240 g/mol. The maximum absolute atomic E-state index is 12.1. The zero-order chi connectivity index (χ0) is 54.7. The Bertz CT molecular complexity index is 2300. The summed E-state index contributed by atoms with van der Waals surface area (Å²) in [6.45, 7) is 15.9. The second-order valence-electron chi connectivity index (χ2n) is 18.9. The fraction of sp³-hybridized carbons (Fsp3) is 0.397. The lowest BCUT2D eigenvalue weighted by atomic mass is 9.91. The zero-order valence-electron chi connectivity index (χ0n) is 44.5. The molecule has 4 nitrogen and oxygen atoms in total. The van der Waals surface area contributed by atoms with Gasteiger partial charge in [-0.05, 0) is 97.6 Å². The number of carbonyl (C=O) groups is 2. The van der Waals surface area contributed by atoms with Gasteiger partial charge in [-0.1, -0.05) is 295 Å². The first-order valence-corrected chi connectivity index (χ1v) is 30.7. The standard InChI is InChI=1S/C20H41Br.C14H13ClO.C14H11ClO.C13H9ClO2.2CH3Br/c1-17(2)9-6-10-18(3)11-7-12-19(4)13-8-14-20(5)15-16-21;2*1-10-7-8-13(15)12(9-10)14(16)11-5-3-2-4-6-11;14-12-7-6-10(15)8-11(12)13(16)9-4-2-1-3-5-9;2*1-2/h17-20H,6-16H2,1-5H3;2-9,14,16H,1H3;2-9H,1H3;1-8,15H;2*1H3. The van der Waals surface area contributed by atoms with Gasteiger partial charge in [0.15, 0.2) is 11.6 Å². The van der Waals surface area contributed by atoms with E-state index in [2.05, 4.69) is 82.4 Å². The van der Waals surface area contributed by atoms with Gasteiger partial charge in [-0.2, -0.15) is 0 Å². The molecule has 6 rings (SSSR count). The smallest absolute Gasteiger partial charge is 0.194 e. The number of phenolic OH excluding ortho intramolecular Hbond substituents is 1. The fourth-order valence-electron chi connectivity index (χ4n) is 7.80. The molecule has 0 radical (unpaired) electrons. The van der Waals surface area contributed by atoms with E-state index in [0.717, 1.165) is 45.9 Å². The molecule has 0 saturated carbocycles. The van der Waals surface area contributed by atoms with E-state index in [1.54, 1.807) is 42.5 Å². The number of aliphatic hydroxyl groups excluding tert-OH is 1. The lowest BCUT2D eigenvalue weighted by Gasteiger charge is -2.16. The van der Waals surface area contributed by atoms with Gasteiger partial charge in [0.05, 0.1) is 10.0 Å². The number of hydrogen-bond donors (Lipinski definition) is 2. The highest BCUT2D eigenvalue weighted by Crippen LogP contribution is 2.29. The van der Waals surface area contributed by atoms with Crippen molar-refractivity contribution in [2.24, 2.45) is 23.7 Å². The van der Waals surface area contributed by atoms with Crippen molar-refractivity contribution >= 4 is 94.2 Å². The molecule has 0 aliphatic rings. The number of phenols is 1. The number of hydrogen-bond acceptors (Lipinski definition) is 4. The highest BCUT2D eigenvalue weighted by atomic mass is 79.9. The molecule has 0 heterocycles. The number of aromatic hydroxyl groups is 1. The Kier molecular flexibility index (Phi) is 37.2. The van der Waals surface area contributed by atoms with Crippen LogP contribution < -0.4 is 0 Å². The van der Waals surface area contributed by atoms with Crippen LogP contribution in [0.2, 0.25) is 15.1 Å². The lowest BCUT2D eigenvalue weighted by Crippen LogP contribution is -2.02. The van der Waals surface area contributed by atoms with Gasteiger partial charge in [-0.25, -0.2) is 0 Å². The van der Waals surface area contributed by atoms with Crippen molar-refractivity contribution < 1.29 is 19.8 Å². The van der Waals surface area contributed by atoms with E-state index in [4.69, 9.17) is 34.8 Å². The van der Waals surface area contributed by atoms with Crippen LogP contribution in [0, 0.1) is 37.5 Å². The van der Waals surface area contributed by atoms with Crippen LogP contribution in [0.1, 0.15) is 159 Å². The third kappa shape index (κ3) is 27.9. The molecular weight excluding hydrogens is 1170 g/mol. The van der Waals surface area contributed by atoms with Crippen molar-refractivity contribution in [3.05, 3.63) is 205 Å². The van der Waals surface area contributed by atoms with E-state index in [9.17, 15) is 19.8 Å². The Balaban J connectivity index is 0.000000477. The summed E-state index contributed by atoms with van der Waals surface area (Å²) in [6.07, 6.45) is 13.6. The maximum atomic E-state index is 12.1. The number of carbonyl (C=O) groups excluding carboxylic acids is 2. The van der Waals surface area contributed by atoms with Crippen LogP contribution in [-0.4, -0.2) is 38.8 Å². The first kappa shape index (κ1) is 67.7. The topological polar surface area (TPSA) is 74.6 Å². The molecule has 0 spiro atoms. The van der Waals surface area contributed by atoms with E-state index in [0.29, 0.717) is 37.3 Å². The van der Waals surface area contributed by atoms with Crippen molar-refractivity contribution in [1.82, 2.24) is 0 Å². The summed E-state index contributed by atoms with van der Waals surface area (Å²) in [5.74, 6) is 7.08. The summed E-state index contributed by atoms with van der Waals surface area (Å²) in [6, 6.07) is 43.0. The van der Waals surface area contributed by atoms with Crippen LogP contribution in [0.15, 0.2) is 146 Å². The number of aliphatic hydroxyl groups is 1. The Morgan fingerprint density at radius 1 is 0.479 bits per heavy atom. The number of halogens is 6. The van der Waals surface area contributed by atoms with Gasteiger partial charge in [0.1, 0.15) is 11.9 Å². The molecule has 0 aromatic heterocycles. The van der Waals surface area contributed by atoms with Crippen LogP contribution >= 0.6 is 82.6 Å². The zero-order valence-corrected chi connectivity index (χ0v) is 51.5. The number of rotatable bonds is 20. The largest absolute Gasteiger partial charge is 0.508 e. The average molecular weight is 1250 g/mol. The average Bonchev–Trinajstić information content (AvgIpc) is 3.40. The van der Waals surface area contributed by atoms with Crippen LogP contribution in [0.5, 0.6) is 5.75 Å². The first-order valence-electron chi connectivity index (χ1n) is 25.2. The van der Waals surface area contributed by atoms with Crippen molar-refractivity contribution in [2.75, 3.05) is 17.0 Å². The minimum Gasteiger partial charge on any atom is -0.508 e. The number of benzene rings is 6. The summed E-state index contributed by atoms with van der Waals surface area (Å²) in [7, 11) is 0. The summed E-state index contributed by atoms with van der Waals surface area (Å²) >= 11 is 27.4. The Morgan fingerprint density at radius 3 is 1.29 bits per heavy atom. The third-order valence-electron chi connectivity index (χ3n) is 12.1. The van der Waals surface area contributed by atoms with Crippen molar-refractivity contribution in [3.8, 4) is 5.75 Å². The predicted molar refractivity (Wildman–Crippen MR) is 328 cm³/mol. The second-order valence-corrected chi connectivity index (χ2v) is 20.9. The van der Waals surface area contributed by atoms with E-state index < -0.39 is 6.10 Å². The summed E-state index contributed by atoms with van der Waals surface area (Å²) in [5.41, 5.74) is 5.83. The Labute approximate surface area is 480 Å². The van der Waals surface area contributed by atoms with Crippen LogP contribution in [0.4, 0.5) is 0 Å². The molecule has 0 fully saturated rings. The van der Waals surface area contributed by atoms with E-state index in [1.807, 2.05) is 110 Å². The molecule has 10 heteroatoms. The van der Waals surface area contributed by atoms with Crippen molar-refractivity contribution in [3.63, 3.8) is 0 Å². The van der Waals surface area contributed by atoms with Crippen molar-refractivity contribution in [2.45, 2.75) is 119 Å². The van der Waals surface area contributed by atoms with Gasteiger partial charge in [-0.3, -0.25) is 9.59 Å². The fourth-order valence-corrected chi connectivity index (χ4v) is 9.21. The predicted octanol–water partition coefficient (Wildman–Crippen LogP) is 20.8. The number of aryl methyl sites for hydroxylation is 2. The molecular formula is C63H80Br3Cl3O4. The van der Waals surface area contributed by atoms with E-state index in [1.165, 1.54) is 87.7 Å². The molecule has 2 N–H and O–H groups in total. The minimum absolute atomic E-state index is 0.0312. The molecule has 0 aliphatic heterocycles. The second kappa shape index (κ2) is 40.0. The van der Waals surface area contributed by atoms with Gasteiger partial charge in [0.2, 0.25) is 0 Å². The minimum atomic E-state index is -0.659.